The molecule has 3 aromatic rings. The first kappa shape index (κ1) is 19.8. The lowest BCUT2D eigenvalue weighted by Gasteiger charge is -2.29. The first-order valence-electron chi connectivity index (χ1n) is 10.0. The normalized spacial score (nSPS) is 18.6. The van der Waals surface area contributed by atoms with Crippen LogP contribution in [0.15, 0.2) is 66.7 Å². The lowest BCUT2D eigenvalue weighted by Crippen LogP contribution is -2.30. The number of hydrogen-bond acceptors (Lipinski definition) is 5. The molecule has 1 aliphatic rings. The van der Waals surface area contributed by atoms with Gasteiger partial charge < -0.3 is 20.3 Å². The van der Waals surface area contributed by atoms with Crippen LogP contribution in [-0.4, -0.2) is 24.8 Å². The monoisotopic (exact) mass is 403 g/mol. The zero-order valence-corrected chi connectivity index (χ0v) is 16.9. The second-order valence-corrected chi connectivity index (χ2v) is 7.68. The number of hydrogen-bond donors (Lipinski definition) is 2. The van der Waals surface area contributed by atoms with Crippen molar-refractivity contribution < 1.29 is 19.4 Å². The molecule has 1 saturated heterocycles. The Morgan fingerprint density at radius 3 is 2.63 bits per heavy atom. The molecule has 1 heterocycles. The third-order valence-corrected chi connectivity index (χ3v) is 5.68. The van der Waals surface area contributed by atoms with E-state index in [1.165, 1.54) is 0 Å². The summed E-state index contributed by atoms with van der Waals surface area (Å²) < 4.78 is 11.1. The van der Waals surface area contributed by atoms with Crippen LogP contribution in [-0.2, 0) is 16.0 Å². The van der Waals surface area contributed by atoms with Gasteiger partial charge in [-0.15, -0.1) is 0 Å². The van der Waals surface area contributed by atoms with E-state index in [1.807, 2.05) is 30.3 Å². The summed E-state index contributed by atoms with van der Waals surface area (Å²) in [6.45, 7) is 0.369. The van der Waals surface area contributed by atoms with E-state index in [9.17, 15) is 9.90 Å². The van der Waals surface area contributed by atoms with Crippen LogP contribution < -0.4 is 10.5 Å². The Morgan fingerprint density at radius 1 is 1.10 bits per heavy atom. The smallest absolute Gasteiger partial charge is 0.309 e. The first-order chi connectivity index (χ1) is 14.5. The van der Waals surface area contributed by atoms with Crippen molar-refractivity contribution in [3.8, 4) is 22.6 Å². The van der Waals surface area contributed by atoms with E-state index < -0.39 is 0 Å². The number of cyclic esters (lactones) is 1. The average molecular weight is 403 g/mol. The number of carbonyl (C=O) groups is 1. The van der Waals surface area contributed by atoms with Crippen molar-refractivity contribution in [3.63, 3.8) is 0 Å². The molecule has 0 amide bonds. The molecular formula is C25H25NO4. The zero-order valence-electron chi connectivity index (χ0n) is 16.9. The number of rotatable bonds is 5. The van der Waals surface area contributed by atoms with Gasteiger partial charge in [0.2, 0.25) is 0 Å². The fourth-order valence-electron chi connectivity index (χ4n) is 4.05. The number of nitrogens with two attached hydrogens (primary N) is 1. The molecule has 5 nitrogen and oxygen atoms in total. The number of ether oxygens (including phenoxy) is 2. The van der Waals surface area contributed by atoms with Crippen LogP contribution in [0.3, 0.4) is 0 Å². The number of nitrogen functional groups attached to an aromatic ring is 1. The second-order valence-electron chi connectivity index (χ2n) is 7.68. The maximum absolute atomic E-state index is 12.4. The van der Waals surface area contributed by atoms with Crippen molar-refractivity contribution in [2.24, 2.45) is 5.92 Å². The van der Waals surface area contributed by atoms with E-state index in [1.54, 1.807) is 25.3 Å². The number of benzene rings is 3. The maximum Gasteiger partial charge on any atom is 0.309 e. The van der Waals surface area contributed by atoms with Crippen LogP contribution in [0.5, 0.6) is 11.5 Å². The highest BCUT2D eigenvalue weighted by atomic mass is 16.5. The van der Waals surface area contributed by atoms with Crippen molar-refractivity contribution in [2.75, 3.05) is 19.5 Å². The minimum atomic E-state index is -0.255. The van der Waals surface area contributed by atoms with Crippen molar-refractivity contribution in [1.29, 1.82) is 0 Å². The molecule has 30 heavy (non-hydrogen) atoms. The van der Waals surface area contributed by atoms with Gasteiger partial charge in [0.15, 0.2) is 0 Å². The van der Waals surface area contributed by atoms with Gasteiger partial charge in [-0.25, -0.2) is 0 Å². The number of methoxy groups -OCH3 is 1. The Hall–Kier alpha value is -3.47. The fraction of sp³-hybridized carbons (Fsp3) is 0.240. The zero-order chi connectivity index (χ0) is 21.1. The lowest BCUT2D eigenvalue weighted by atomic mass is 9.83. The Kier molecular flexibility index (Phi) is 5.61. The van der Waals surface area contributed by atoms with Gasteiger partial charge in [0.05, 0.1) is 25.3 Å². The van der Waals surface area contributed by atoms with E-state index in [2.05, 4.69) is 18.2 Å². The van der Waals surface area contributed by atoms with Crippen molar-refractivity contribution in [2.45, 2.75) is 18.8 Å². The number of carbonyl (C=O) groups excluding carboxylic acids is 1. The Balaban J connectivity index is 1.58. The van der Waals surface area contributed by atoms with Gasteiger partial charge in [0, 0.05) is 11.5 Å². The minimum Gasteiger partial charge on any atom is -0.506 e. The molecule has 0 aromatic heterocycles. The summed E-state index contributed by atoms with van der Waals surface area (Å²) in [5.74, 6) is 0.531. The maximum atomic E-state index is 12.4. The summed E-state index contributed by atoms with van der Waals surface area (Å²) in [6, 6.07) is 21.3. The minimum absolute atomic E-state index is 0.0505. The van der Waals surface area contributed by atoms with Crippen LogP contribution in [0.4, 0.5) is 5.69 Å². The van der Waals surface area contributed by atoms with Crippen molar-refractivity contribution in [3.05, 3.63) is 77.9 Å². The number of aromatic hydroxyl groups is 1. The van der Waals surface area contributed by atoms with Crippen molar-refractivity contribution >= 4 is 11.7 Å². The predicted octanol–water partition coefficient (Wildman–Crippen LogP) is 4.54. The number of phenolic OH excluding ortho intramolecular Hbond substituents is 1. The molecule has 1 unspecified atom stereocenters. The third-order valence-electron chi connectivity index (χ3n) is 5.68. The summed E-state index contributed by atoms with van der Waals surface area (Å²) in [4.78, 5) is 12.4. The first-order valence-corrected chi connectivity index (χ1v) is 10.0. The molecule has 1 fully saturated rings. The van der Waals surface area contributed by atoms with E-state index in [-0.39, 0.29) is 23.6 Å². The van der Waals surface area contributed by atoms with E-state index in [0.29, 0.717) is 25.1 Å². The van der Waals surface area contributed by atoms with Gasteiger partial charge in [-0.05, 0) is 53.8 Å². The number of phenols is 1. The fourth-order valence-corrected chi connectivity index (χ4v) is 4.05. The molecule has 0 saturated carbocycles. The molecule has 3 N–H and O–H groups in total. The molecule has 154 valence electrons. The standard InChI is InChI=1S/C25H25NO4/c1-29-24-10-8-18(14-21(24)17-5-3-2-4-6-17)20-13-19(25(28)30-15-20)11-16-7-9-23(27)22(26)12-16/h2-10,12,14,19-20,27H,11,13,15,26H2,1H3/t19?,20-/m1/s1. The second kappa shape index (κ2) is 8.49. The van der Waals surface area contributed by atoms with Gasteiger partial charge in [0.1, 0.15) is 11.5 Å². The highest BCUT2D eigenvalue weighted by molar-refractivity contribution is 5.75. The Labute approximate surface area is 176 Å². The van der Waals surface area contributed by atoms with Crippen LogP contribution in [0.25, 0.3) is 11.1 Å². The molecule has 0 bridgehead atoms. The van der Waals surface area contributed by atoms with Gasteiger partial charge in [0.25, 0.3) is 0 Å². The van der Waals surface area contributed by atoms with Crippen LogP contribution >= 0.6 is 0 Å². The number of esters is 1. The largest absolute Gasteiger partial charge is 0.506 e. The topological polar surface area (TPSA) is 81.8 Å². The third kappa shape index (κ3) is 4.10. The van der Waals surface area contributed by atoms with E-state index in [4.69, 9.17) is 15.2 Å². The molecule has 5 heteroatoms. The van der Waals surface area contributed by atoms with Gasteiger partial charge in [-0.2, -0.15) is 0 Å². The van der Waals surface area contributed by atoms with Gasteiger partial charge in [-0.1, -0.05) is 42.5 Å². The molecule has 4 rings (SSSR count). The summed E-state index contributed by atoms with van der Waals surface area (Å²) in [6.07, 6.45) is 1.22. The Bertz CT molecular complexity index is 1050. The summed E-state index contributed by atoms with van der Waals surface area (Å²) in [5.41, 5.74) is 10.3. The molecule has 1 aliphatic heterocycles. The quantitative estimate of drug-likeness (QED) is 0.371. The van der Waals surface area contributed by atoms with E-state index >= 15 is 0 Å². The highest BCUT2D eigenvalue weighted by Gasteiger charge is 2.32. The predicted molar refractivity (Wildman–Crippen MR) is 116 cm³/mol. The summed E-state index contributed by atoms with van der Waals surface area (Å²) in [7, 11) is 1.67. The number of anilines is 1. The lowest BCUT2D eigenvalue weighted by molar-refractivity contribution is -0.154. The van der Waals surface area contributed by atoms with Crippen LogP contribution in [0.1, 0.15) is 23.5 Å². The molecular weight excluding hydrogens is 378 g/mol. The summed E-state index contributed by atoms with van der Waals surface area (Å²) in [5, 5.41) is 9.63. The molecule has 0 aliphatic carbocycles. The molecule has 0 spiro atoms. The van der Waals surface area contributed by atoms with Crippen molar-refractivity contribution in [1.82, 2.24) is 0 Å². The molecule has 0 radical (unpaired) electrons. The van der Waals surface area contributed by atoms with Gasteiger partial charge in [-0.3, -0.25) is 4.79 Å². The Morgan fingerprint density at radius 2 is 1.90 bits per heavy atom. The molecule has 2 atom stereocenters. The SMILES string of the molecule is COc1ccc([C@H]2COC(=O)C(Cc3ccc(O)c(N)c3)C2)cc1-c1ccccc1. The summed E-state index contributed by atoms with van der Waals surface area (Å²) >= 11 is 0. The van der Waals surface area contributed by atoms with E-state index in [0.717, 1.165) is 28.0 Å². The molecule has 3 aromatic carbocycles. The van der Waals surface area contributed by atoms with Gasteiger partial charge >= 0.3 is 5.97 Å². The highest BCUT2D eigenvalue weighted by Crippen LogP contribution is 2.37. The van der Waals surface area contributed by atoms with Crippen LogP contribution in [0, 0.1) is 5.92 Å². The van der Waals surface area contributed by atoms with Crippen LogP contribution in [0.2, 0.25) is 0 Å². The average Bonchev–Trinajstić information content (AvgIpc) is 2.78.